The third-order valence-corrected chi connectivity index (χ3v) is 3.81. The van der Waals surface area contributed by atoms with Crippen molar-refractivity contribution in [2.45, 2.75) is 13.0 Å². The van der Waals surface area contributed by atoms with E-state index in [1.807, 2.05) is 12.3 Å². The molecule has 21 heavy (non-hydrogen) atoms. The van der Waals surface area contributed by atoms with Gasteiger partial charge in [0.1, 0.15) is 11.5 Å². The van der Waals surface area contributed by atoms with Crippen LogP contribution in [0, 0.1) is 5.82 Å². The van der Waals surface area contributed by atoms with Crippen LogP contribution in [-0.2, 0) is 13.0 Å². The van der Waals surface area contributed by atoms with Crippen molar-refractivity contribution in [3.05, 3.63) is 64.1 Å². The van der Waals surface area contributed by atoms with Crippen LogP contribution in [0.2, 0.25) is 0 Å². The zero-order valence-electron chi connectivity index (χ0n) is 11.4. The largest absolute Gasteiger partial charge is 0.346 e. The highest BCUT2D eigenvalue weighted by molar-refractivity contribution is 9.10. The molecule has 0 atom stereocenters. The van der Waals surface area contributed by atoms with E-state index in [0.717, 1.165) is 34.0 Å². The predicted octanol–water partition coefficient (Wildman–Crippen LogP) is 3.80. The van der Waals surface area contributed by atoms with Gasteiger partial charge in [-0.15, -0.1) is 0 Å². The number of hydrogen-bond donors (Lipinski definition) is 2. The van der Waals surface area contributed by atoms with Crippen LogP contribution in [0.25, 0.3) is 11.0 Å². The second-order valence-electron chi connectivity index (χ2n) is 4.92. The minimum Gasteiger partial charge on any atom is -0.346 e. The van der Waals surface area contributed by atoms with Gasteiger partial charge in [0.2, 0.25) is 0 Å². The first-order valence-corrected chi connectivity index (χ1v) is 7.58. The maximum absolute atomic E-state index is 13.1. The summed E-state index contributed by atoms with van der Waals surface area (Å²) in [4.78, 5) is 7.49. The monoisotopic (exact) mass is 347 g/mol. The second kappa shape index (κ2) is 6.37. The van der Waals surface area contributed by atoms with Gasteiger partial charge in [-0.2, -0.15) is 0 Å². The molecule has 0 radical (unpaired) electrons. The quantitative estimate of drug-likeness (QED) is 0.689. The van der Waals surface area contributed by atoms with Crippen molar-refractivity contribution in [1.82, 2.24) is 15.3 Å². The molecular weight excluding hydrogens is 333 g/mol. The molecule has 108 valence electrons. The number of H-pyrrole nitrogens is 1. The molecule has 5 heteroatoms. The van der Waals surface area contributed by atoms with Crippen molar-refractivity contribution in [1.29, 1.82) is 0 Å². The van der Waals surface area contributed by atoms with E-state index in [4.69, 9.17) is 0 Å². The smallest absolute Gasteiger partial charge is 0.137 e. The van der Waals surface area contributed by atoms with Crippen molar-refractivity contribution < 1.29 is 4.39 Å². The van der Waals surface area contributed by atoms with Crippen molar-refractivity contribution >= 4 is 27.0 Å². The van der Waals surface area contributed by atoms with E-state index in [1.54, 1.807) is 18.3 Å². The summed E-state index contributed by atoms with van der Waals surface area (Å²) in [5.74, 6) is -0.193. The predicted molar refractivity (Wildman–Crippen MR) is 85.6 cm³/mol. The molecule has 3 aromatic rings. The van der Waals surface area contributed by atoms with Crippen LogP contribution >= 0.6 is 15.9 Å². The fourth-order valence-electron chi connectivity index (χ4n) is 2.34. The average Bonchev–Trinajstić information content (AvgIpc) is 2.86. The molecule has 3 rings (SSSR count). The SMILES string of the molecule is Fc1cccc(CNCCc2c[nH]c3ncc(Br)cc23)c1. The summed E-state index contributed by atoms with van der Waals surface area (Å²) in [6, 6.07) is 8.73. The lowest BCUT2D eigenvalue weighted by Gasteiger charge is -2.05. The van der Waals surface area contributed by atoms with Crippen LogP contribution in [0.15, 0.2) is 47.2 Å². The minimum atomic E-state index is -0.193. The fourth-order valence-corrected chi connectivity index (χ4v) is 2.67. The Morgan fingerprint density at radius 1 is 1.29 bits per heavy atom. The molecule has 1 aromatic carbocycles. The summed E-state index contributed by atoms with van der Waals surface area (Å²) >= 11 is 3.44. The number of hydrogen-bond acceptors (Lipinski definition) is 2. The Balaban J connectivity index is 1.58. The summed E-state index contributed by atoms with van der Waals surface area (Å²) in [5.41, 5.74) is 3.09. The van der Waals surface area contributed by atoms with Gasteiger partial charge in [0.05, 0.1) is 0 Å². The summed E-state index contributed by atoms with van der Waals surface area (Å²) in [5, 5.41) is 4.47. The van der Waals surface area contributed by atoms with Crippen molar-refractivity contribution in [3.8, 4) is 0 Å². The van der Waals surface area contributed by atoms with Gasteiger partial charge in [0.25, 0.3) is 0 Å². The standard InChI is InChI=1S/C16H15BrFN3/c17-13-7-15-12(9-20-16(15)21-10-13)4-5-19-8-11-2-1-3-14(18)6-11/h1-3,6-7,9-10,19H,4-5,8H2,(H,20,21). The molecule has 0 fully saturated rings. The molecule has 3 nitrogen and oxygen atoms in total. The number of nitrogens with zero attached hydrogens (tertiary/aromatic N) is 1. The van der Waals surface area contributed by atoms with E-state index in [0.29, 0.717) is 6.54 Å². The van der Waals surface area contributed by atoms with Crippen molar-refractivity contribution in [3.63, 3.8) is 0 Å². The molecule has 0 bridgehead atoms. The van der Waals surface area contributed by atoms with Crippen LogP contribution in [-0.4, -0.2) is 16.5 Å². The van der Waals surface area contributed by atoms with Gasteiger partial charge in [-0.1, -0.05) is 12.1 Å². The lowest BCUT2D eigenvalue weighted by atomic mass is 10.1. The average molecular weight is 348 g/mol. The number of halogens is 2. The molecular formula is C16H15BrFN3. The number of rotatable bonds is 5. The van der Waals surface area contributed by atoms with Crippen LogP contribution in [0.3, 0.4) is 0 Å². The summed E-state index contributed by atoms with van der Waals surface area (Å²) in [7, 11) is 0. The highest BCUT2D eigenvalue weighted by atomic mass is 79.9. The maximum atomic E-state index is 13.1. The molecule has 2 heterocycles. The Morgan fingerprint density at radius 2 is 2.19 bits per heavy atom. The maximum Gasteiger partial charge on any atom is 0.137 e. The van der Waals surface area contributed by atoms with Gasteiger partial charge < -0.3 is 10.3 Å². The number of pyridine rings is 1. The van der Waals surface area contributed by atoms with E-state index in [9.17, 15) is 4.39 Å². The highest BCUT2D eigenvalue weighted by Crippen LogP contribution is 2.20. The molecule has 0 aliphatic rings. The number of benzene rings is 1. The molecule has 0 saturated heterocycles. The molecule has 0 saturated carbocycles. The summed E-state index contributed by atoms with van der Waals surface area (Å²) in [6.07, 6.45) is 4.67. The minimum absolute atomic E-state index is 0.193. The first kappa shape index (κ1) is 14.2. The molecule has 0 spiro atoms. The molecule has 0 aliphatic heterocycles. The number of nitrogens with one attached hydrogen (secondary N) is 2. The zero-order chi connectivity index (χ0) is 14.7. The van der Waals surface area contributed by atoms with Gasteiger partial charge in [-0.3, -0.25) is 0 Å². The van der Waals surface area contributed by atoms with Crippen LogP contribution in [0.5, 0.6) is 0 Å². The van der Waals surface area contributed by atoms with Crippen LogP contribution < -0.4 is 5.32 Å². The van der Waals surface area contributed by atoms with Gasteiger partial charge in [0.15, 0.2) is 0 Å². The number of fused-ring (bicyclic) bond motifs is 1. The Hall–Kier alpha value is -1.72. The molecule has 2 aromatic heterocycles. The first-order valence-electron chi connectivity index (χ1n) is 6.79. The number of aromatic amines is 1. The molecule has 0 amide bonds. The lowest BCUT2D eigenvalue weighted by Crippen LogP contribution is -2.16. The van der Waals surface area contributed by atoms with Gasteiger partial charge in [-0.25, -0.2) is 9.37 Å². The Kier molecular flexibility index (Phi) is 4.31. The third-order valence-electron chi connectivity index (χ3n) is 3.37. The normalized spacial score (nSPS) is 11.1. The van der Waals surface area contributed by atoms with Crippen molar-refractivity contribution in [2.24, 2.45) is 0 Å². The van der Waals surface area contributed by atoms with Gasteiger partial charge >= 0.3 is 0 Å². The third kappa shape index (κ3) is 3.49. The van der Waals surface area contributed by atoms with Crippen molar-refractivity contribution in [2.75, 3.05) is 6.54 Å². The van der Waals surface area contributed by atoms with Gasteiger partial charge in [0, 0.05) is 28.8 Å². The van der Waals surface area contributed by atoms with E-state index < -0.39 is 0 Å². The lowest BCUT2D eigenvalue weighted by molar-refractivity contribution is 0.620. The molecule has 0 aliphatic carbocycles. The first-order chi connectivity index (χ1) is 10.2. The van der Waals surface area contributed by atoms with E-state index in [-0.39, 0.29) is 5.82 Å². The summed E-state index contributed by atoms with van der Waals surface area (Å²) < 4.78 is 14.0. The summed E-state index contributed by atoms with van der Waals surface area (Å²) in [6.45, 7) is 1.50. The molecule has 0 unspecified atom stereocenters. The number of aromatic nitrogens is 2. The van der Waals surface area contributed by atoms with E-state index in [1.165, 1.54) is 11.6 Å². The van der Waals surface area contributed by atoms with E-state index >= 15 is 0 Å². The van der Waals surface area contributed by atoms with Crippen LogP contribution in [0.1, 0.15) is 11.1 Å². The Bertz CT molecular complexity index is 754. The Morgan fingerprint density at radius 3 is 3.05 bits per heavy atom. The second-order valence-corrected chi connectivity index (χ2v) is 5.84. The fraction of sp³-hybridized carbons (Fsp3) is 0.188. The van der Waals surface area contributed by atoms with E-state index in [2.05, 4.69) is 37.3 Å². The highest BCUT2D eigenvalue weighted by Gasteiger charge is 2.05. The molecule has 2 N–H and O–H groups in total. The zero-order valence-corrected chi connectivity index (χ0v) is 13.0. The van der Waals surface area contributed by atoms with Gasteiger partial charge in [-0.05, 0) is 58.2 Å². The van der Waals surface area contributed by atoms with Crippen LogP contribution in [0.4, 0.5) is 4.39 Å². The Labute approximate surface area is 130 Å². The topological polar surface area (TPSA) is 40.7 Å².